The van der Waals surface area contributed by atoms with Gasteiger partial charge in [-0.05, 0) is 24.3 Å². The van der Waals surface area contributed by atoms with Crippen LogP contribution in [0.3, 0.4) is 0 Å². The maximum atomic E-state index is 12.0. The zero-order chi connectivity index (χ0) is 15.0. The molecule has 0 radical (unpaired) electrons. The summed E-state index contributed by atoms with van der Waals surface area (Å²) < 4.78 is 6.29. The molecule has 0 aliphatic carbocycles. The van der Waals surface area contributed by atoms with Gasteiger partial charge in [0.1, 0.15) is 11.2 Å². The number of hydrogen-bond acceptors (Lipinski definition) is 5. The predicted molar refractivity (Wildman–Crippen MR) is 79.6 cm³/mol. The average molecular weight is 303 g/mol. The second kappa shape index (κ2) is 5.06. The summed E-state index contributed by atoms with van der Waals surface area (Å²) in [7, 11) is 1.29. The molecule has 2 aromatic carbocycles. The largest absolute Gasteiger partial charge is 0.465 e. The van der Waals surface area contributed by atoms with E-state index in [-0.39, 0.29) is 5.56 Å². The van der Waals surface area contributed by atoms with E-state index in [0.29, 0.717) is 21.9 Å². The minimum absolute atomic E-state index is 0.234. The Morgan fingerprint density at radius 1 is 1.33 bits per heavy atom. The summed E-state index contributed by atoms with van der Waals surface area (Å²) in [6.07, 6.45) is 0. The summed E-state index contributed by atoms with van der Waals surface area (Å²) in [4.78, 5) is 12.0. The van der Waals surface area contributed by atoms with Gasteiger partial charge in [-0.3, -0.25) is 0 Å². The Balaban J connectivity index is 2.34. The number of benzene rings is 2. The molecule has 7 heteroatoms. The molecule has 0 atom stereocenters. The summed E-state index contributed by atoms with van der Waals surface area (Å²) in [6, 6.07) is 10.4. The van der Waals surface area contributed by atoms with Crippen LogP contribution in [-0.4, -0.2) is 28.1 Å². The van der Waals surface area contributed by atoms with Crippen LogP contribution in [0.15, 0.2) is 36.4 Å². The molecule has 0 bridgehead atoms. The van der Waals surface area contributed by atoms with Crippen molar-refractivity contribution in [2.75, 3.05) is 12.8 Å². The number of methoxy groups -OCH3 is 1. The van der Waals surface area contributed by atoms with Gasteiger partial charge in [-0.25, -0.2) is 9.48 Å². The number of nitrogen functional groups attached to an aromatic ring is 1. The lowest BCUT2D eigenvalue weighted by Gasteiger charge is -2.11. The van der Waals surface area contributed by atoms with Crippen molar-refractivity contribution in [2.24, 2.45) is 0 Å². The number of hydrogen-bond donors (Lipinski definition) is 1. The van der Waals surface area contributed by atoms with Gasteiger partial charge in [0.2, 0.25) is 0 Å². The number of carbonyl (C=O) groups is 1. The first-order valence-corrected chi connectivity index (χ1v) is 6.47. The number of para-hydroxylation sites is 1. The Hall–Kier alpha value is -2.60. The predicted octanol–water partition coefficient (Wildman–Crippen LogP) is 2.44. The van der Waals surface area contributed by atoms with E-state index in [0.717, 1.165) is 5.52 Å². The molecule has 6 nitrogen and oxygen atoms in total. The van der Waals surface area contributed by atoms with Gasteiger partial charge < -0.3 is 10.5 Å². The Bertz CT molecular complexity index is 844. The molecule has 0 amide bonds. The maximum absolute atomic E-state index is 12.0. The SMILES string of the molecule is COC(=O)c1cc(N)cc(Cl)c1-n1nnc2ccccc21. The first kappa shape index (κ1) is 13.4. The Labute approximate surface area is 125 Å². The van der Waals surface area contributed by atoms with E-state index < -0.39 is 5.97 Å². The lowest BCUT2D eigenvalue weighted by Crippen LogP contribution is -2.10. The number of nitrogens with zero attached hydrogens (tertiary/aromatic N) is 3. The van der Waals surface area contributed by atoms with Gasteiger partial charge in [-0.2, -0.15) is 0 Å². The summed E-state index contributed by atoms with van der Waals surface area (Å²) in [5, 5.41) is 8.42. The molecule has 21 heavy (non-hydrogen) atoms. The lowest BCUT2D eigenvalue weighted by molar-refractivity contribution is 0.0600. The molecule has 3 aromatic rings. The molecule has 2 N–H and O–H groups in total. The summed E-state index contributed by atoms with van der Waals surface area (Å²) in [6.45, 7) is 0. The number of nitrogens with two attached hydrogens (primary N) is 1. The quantitative estimate of drug-likeness (QED) is 0.580. The van der Waals surface area contributed by atoms with E-state index in [1.807, 2.05) is 24.3 Å². The highest BCUT2D eigenvalue weighted by Gasteiger charge is 2.20. The van der Waals surface area contributed by atoms with Gasteiger partial charge in [-0.15, -0.1) is 5.10 Å². The van der Waals surface area contributed by atoms with Gasteiger partial charge in [-0.1, -0.05) is 28.9 Å². The summed E-state index contributed by atoms with van der Waals surface area (Å²) >= 11 is 6.25. The highest BCUT2D eigenvalue weighted by Crippen LogP contribution is 2.29. The van der Waals surface area contributed by atoms with Crippen LogP contribution >= 0.6 is 11.6 Å². The number of esters is 1. The molecule has 3 rings (SSSR count). The molecule has 0 spiro atoms. The number of halogens is 1. The van der Waals surface area contributed by atoms with Gasteiger partial charge in [0.25, 0.3) is 0 Å². The fraction of sp³-hybridized carbons (Fsp3) is 0.0714. The van der Waals surface area contributed by atoms with E-state index in [1.165, 1.54) is 17.9 Å². The van der Waals surface area contributed by atoms with E-state index in [1.54, 1.807) is 6.07 Å². The lowest BCUT2D eigenvalue weighted by atomic mass is 10.1. The molecule has 106 valence electrons. The third kappa shape index (κ3) is 2.19. The van der Waals surface area contributed by atoms with Gasteiger partial charge >= 0.3 is 5.97 Å². The number of rotatable bonds is 2. The third-order valence-corrected chi connectivity index (χ3v) is 3.34. The Morgan fingerprint density at radius 3 is 2.86 bits per heavy atom. The van der Waals surface area contributed by atoms with E-state index in [2.05, 4.69) is 10.3 Å². The molecule has 0 aliphatic rings. The first-order valence-electron chi connectivity index (χ1n) is 6.10. The van der Waals surface area contributed by atoms with Crippen molar-refractivity contribution in [1.29, 1.82) is 0 Å². The molecule has 0 saturated carbocycles. The number of aromatic nitrogens is 3. The van der Waals surface area contributed by atoms with Crippen LogP contribution in [0, 0.1) is 0 Å². The minimum atomic E-state index is -0.543. The van der Waals surface area contributed by atoms with Crippen LogP contribution in [0.5, 0.6) is 0 Å². The van der Waals surface area contributed by atoms with Crippen LogP contribution in [0.2, 0.25) is 5.02 Å². The first-order chi connectivity index (χ1) is 10.1. The molecular weight excluding hydrogens is 292 g/mol. The van der Waals surface area contributed by atoms with Crippen molar-refractivity contribution in [3.63, 3.8) is 0 Å². The fourth-order valence-corrected chi connectivity index (χ4v) is 2.44. The average Bonchev–Trinajstić information content (AvgIpc) is 2.89. The van der Waals surface area contributed by atoms with Gasteiger partial charge in [0, 0.05) is 5.69 Å². The topological polar surface area (TPSA) is 83.0 Å². The van der Waals surface area contributed by atoms with Gasteiger partial charge in [0.15, 0.2) is 0 Å². The smallest absolute Gasteiger partial charge is 0.340 e. The van der Waals surface area contributed by atoms with Crippen LogP contribution in [0.1, 0.15) is 10.4 Å². The zero-order valence-electron chi connectivity index (χ0n) is 11.1. The summed E-state index contributed by atoms with van der Waals surface area (Å²) in [5.74, 6) is -0.543. The number of anilines is 1. The van der Waals surface area contributed by atoms with Crippen molar-refractivity contribution >= 4 is 34.3 Å². The van der Waals surface area contributed by atoms with Crippen LogP contribution in [0.4, 0.5) is 5.69 Å². The second-order valence-electron chi connectivity index (χ2n) is 4.38. The van der Waals surface area contributed by atoms with Crippen LogP contribution in [-0.2, 0) is 4.74 Å². The Kier molecular flexibility index (Phi) is 3.23. The standard InChI is InChI=1S/C14H11ClN4O2/c1-21-14(20)9-6-8(16)7-10(15)13(9)19-12-5-3-2-4-11(12)17-18-19/h2-7H,16H2,1H3. The van der Waals surface area contributed by atoms with Crippen molar-refractivity contribution in [3.8, 4) is 5.69 Å². The van der Waals surface area contributed by atoms with E-state index in [4.69, 9.17) is 22.1 Å². The second-order valence-corrected chi connectivity index (χ2v) is 4.79. The molecule has 1 aromatic heterocycles. The molecule has 0 unspecified atom stereocenters. The van der Waals surface area contributed by atoms with Crippen LogP contribution < -0.4 is 5.73 Å². The number of fused-ring (bicyclic) bond motifs is 1. The number of ether oxygens (including phenoxy) is 1. The van der Waals surface area contributed by atoms with Crippen molar-refractivity contribution in [1.82, 2.24) is 15.0 Å². The highest BCUT2D eigenvalue weighted by molar-refractivity contribution is 6.33. The third-order valence-electron chi connectivity index (χ3n) is 3.05. The highest BCUT2D eigenvalue weighted by atomic mass is 35.5. The van der Waals surface area contributed by atoms with Crippen LogP contribution in [0.25, 0.3) is 16.7 Å². The molecule has 0 fully saturated rings. The molecule has 1 heterocycles. The minimum Gasteiger partial charge on any atom is -0.465 e. The van der Waals surface area contributed by atoms with Crippen molar-refractivity contribution in [2.45, 2.75) is 0 Å². The van der Waals surface area contributed by atoms with Gasteiger partial charge in [0.05, 0.1) is 23.2 Å². The maximum Gasteiger partial charge on any atom is 0.340 e. The molecule has 0 aliphatic heterocycles. The fourth-order valence-electron chi connectivity index (χ4n) is 2.13. The Morgan fingerprint density at radius 2 is 2.10 bits per heavy atom. The van der Waals surface area contributed by atoms with Crippen molar-refractivity contribution in [3.05, 3.63) is 47.0 Å². The normalized spacial score (nSPS) is 10.8. The van der Waals surface area contributed by atoms with Crippen molar-refractivity contribution < 1.29 is 9.53 Å². The molecule has 0 saturated heterocycles. The zero-order valence-corrected chi connectivity index (χ0v) is 11.8. The van der Waals surface area contributed by atoms with E-state index in [9.17, 15) is 4.79 Å². The number of carbonyl (C=O) groups excluding carboxylic acids is 1. The summed E-state index contributed by atoms with van der Waals surface area (Å²) in [5.41, 5.74) is 8.17. The van der Waals surface area contributed by atoms with E-state index >= 15 is 0 Å². The molecular formula is C14H11ClN4O2. The monoisotopic (exact) mass is 302 g/mol.